The molecular weight excluding hydrogens is 389 g/mol. The fourth-order valence-corrected chi connectivity index (χ4v) is 9.64. The zero-order valence-electron chi connectivity index (χ0n) is 19.4. The van der Waals surface area contributed by atoms with E-state index in [4.69, 9.17) is 9.47 Å². The lowest BCUT2D eigenvalue weighted by Gasteiger charge is -2.25. The van der Waals surface area contributed by atoms with Crippen LogP contribution in [0.1, 0.15) is 12.8 Å². The first-order chi connectivity index (χ1) is 11.5. The van der Waals surface area contributed by atoms with E-state index in [1.165, 1.54) is 37.0 Å². The largest absolute Gasteiger partial charge is 0.507 e. The Morgan fingerprint density at radius 3 is 1.15 bits per heavy atom. The molecule has 0 amide bonds. The summed E-state index contributed by atoms with van der Waals surface area (Å²) in [4.78, 5) is 12.0. The first kappa shape index (κ1) is 26.1. The zero-order chi connectivity index (χ0) is 20.6. The Hall–Kier alpha value is 0.138. The molecule has 7 heteroatoms. The summed E-state index contributed by atoms with van der Waals surface area (Å²) in [5, 5.41) is 0. The molecule has 0 rings (SSSR count). The lowest BCUT2D eigenvalue weighted by atomic mass is 10.6. The van der Waals surface area contributed by atoms with E-state index in [1.54, 1.807) is 0 Å². The fourth-order valence-electron chi connectivity index (χ4n) is 2.89. The molecule has 0 saturated heterocycles. The van der Waals surface area contributed by atoms with E-state index in [0.29, 0.717) is 12.5 Å². The number of carbonyl (C=O) groups is 1. The molecule has 0 spiro atoms. The minimum atomic E-state index is -1.47. The van der Waals surface area contributed by atoms with Crippen molar-refractivity contribution in [2.75, 3.05) is 12.5 Å². The van der Waals surface area contributed by atoms with E-state index >= 15 is 0 Å². The van der Waals surface area contributed by atoms with Crippen LogP contribution >= 0.6 is 0 Å². The van der Waals surface area contributed by atoms with Crippen molar-refractivity contribution >= 4 is 38.5 Å². The van der Waals surface area contributed by atoms with Crippen LogP contribution in [-0.4, -0.2) is 50.9 Å². The maximum atomic E-state index is 12.0. The lowest BCUT2D eigenvalue weighted by Crippen LogP contribution is -2.37. The predicted molar refractivity (Wildman–Crippen MR) is 127 cm³/mol. The van der Waals surface area contributed by atoms with Crippen LogP contribution in [0.2, 0.25) is 89.6 Å². The Balaban J connectivity index is 4.09. The summed E-state index contributed by atoms with van der Waals surface area (Å²) < 4.78 is 11.0. The number of hydrogen-bond donors (Lipinski definition) is 0. The maximum Gasteiger partial charge on any atom is 0.507 e. The van der Waals surface area contributed by atoms with Gasteiger partial charge in [0.2, 0.25) is 0 Å². The van der Waals surface area contributed by atoms with Crippen molar-refractivity contribution in [3.05, 3.63) is 0 Å². The molecule has 0 aliphatic carbocycles. The van der Waals surface area contributed by atoms with Gasteiger partial charge in [-0.2, -0.15) is 0 Å². The highest BCUT2D eigenvalue weighted by Crippen LogP contribution is 2.21. The summed E-state index contributed by atoms with van der Waals surface area (Å²) in [5.74, 6) is 0. The third-order valence-corrected chi connectivity index (χ3v) is 13.7. The summed E-state index contributed by atoms with van der Waals surface area (Å²) in [6.07, 6.45) is 3.31. The Morgan fingerprint density at radius 2 is 0.885 bits per heavy atom. The van der Waals surface area contributed by atoms with Crippen molar-refractivity contribution in [1.29, 1.82) is 0 Å². The van der Waals surface area contributed by atoms with Crippen molar-refractivity contribution in [1.82, 2.24) is 0 Å². The van der Waals surface area contributed by atoms with Crippen LogP contribution in [0.3, 0.4) is 0 Å². The molecule has 0 aromatic rings. The molecule has 0 fully saturated rings. The van der Waals surface area contributed by atoms with Gasteiger partial charge in [-0.1, -0.05) is 102 Å². The van der Waals surface area contributed by atoms with Gasteiger partial charge in [0.25, 0.3) is 0 Å². The van der Waals surface area contributed by atoms with Gasteiger partial charge in [0.15, 0.2) is 0 Å². The van der Waals surface area contributed by atoms with Gasteiger partial charge in [-0.15, -0.1) is 0 Å². The molecule has 0 aromatic heterocycles. The van der Waals surface area contributed by atoms with Gasteiger partial charge in [-0.05, 0) is 0 Å². The molecule has 0 aromatic carbocycles. The SMILES string of the molecule is C[Si](C)(C)CCC[Si](C)(C)COC(=O)OC[Si](C)(C)CCC[Si](C)(C)C. The quantitative estimate of drug-likeness (QED) is 0.243. The summed E-state index contributed by atoms with van der Waals surface area (Å²) >= 11 is 0. The molecule has 156 valence electrons. The molecular formula is C19H46O3Si4. The van der Waals surface area contributed by atoms with Gasteiger partial charge in [0.1, 0.15) is 0 Å². The molecule has 3 nitrogen and oxygen atoms in total. The van der Waals surface area contributed by atoms with Crippen molar-refractivity contribution in [3.8, 4) is 0 Å². The molecule has 0 atom stereocenters. The van der Waals surface area contributed by atoms with Gasteiger partial charge in [-0.25, -0.2) is 4.79 Å². The molecule has 0 saturated carbocycles. The van der Waals surface area contributed by atoms with E-state index in [0.717, 1.165) is 0 Å². The Morgan fingerprint density at radius 1 is 0.577 bits per heavy atom. The number of rotatable bonds is 12. The van der Waals surface area contributed by atoms with Crippen LogP contribution in [0.15, 0.2) is 0 Å². The maximum absolute atomic E-state index is 12.0. The highest BCUT2D eigenvalue weighted by molar-refractivity contribution is 6.79. The van der Waals surface area contributed by atoms with E-state index in [2.05, 4.69) is 65.5 Å². The minimum Gasteiger partial charge on any atom is -0.438 e. The van der Waals surface area contributed by atoms with Crippen LogP contribution in [-0.2, 0) is 9.47 Å². The van der Waals surface area contributed by atoms with Crippen LogP contribution in [0, 0.1) is 0 Å². The topological polar surface area (TPSA) is 35.5 Å². The number of ether oxygens (including phenoxy) is 2. The van der Waals surface area contributed by atoms with Crippen molar-refractivity contribution < 1.29 is 14.3 Å². The molecule has 0 bridgehead atoms. The predicted octanol–water partition coefficient (Wildman–Crippen LogP) is 7.09. The third-order valence-electron chi connectivity index (χ3n) is 4.72. The monoisotopic (exact) mass is 434 g/mol. The second-order valence-electron chi connectivity index (χ2n) is 12.0. The Labute approximate surface area is 167 Å². The molecule has 0 N–H and O–H groups in total. The molecule has 0 aliphatic heterocycles. The summed E-state index contributed by atoms with van der Waals surface area (Å²) in [5.41, 5.74) is 0. The molecule has 0 radical (unpaired) electrons. The summed E-state index contributed by atoms with van der Waals surface area (Å²) in [6.45, 7) is 23.8. The van der Waals surface area contributed by atoms with E-state index < -0.39 is 38.5 Å². The second-order valence-corrected chi connectivity index (χ2v) is 33.5. The highest BCUT2D eigenvalue weighted by Gasteiger charge is 2.27. The van der Waals surface area contributed by atoms with Crippen LogP contribution in [0.5, 0.6) is 0 Å². The molecule has 0 unspecified atom stereocenters. The smallest absolute Gasteiger partial charge is 0.438 e. The van der Waals surface area contributed by atoms with E-state index in [-0.39, 0.29) is 0 Å². The number of hydrogen-bond acceptors (Lipinski definition) is 3. The van der Waals surface area contributed by atoms with Gasteiger partial charge >= 0.3 is 6.16 Å². The van der Waals surface area contributed by atoms with E-state index in [1.807, 2.05) is 0 Å². The molecule has 0 heterocycles. The minimum absolute atomic E-state index is 0.443. The fraction of sp³-hybridized carbons (Fsp3) is 0.947. The van der Waals surface area contributed by atoms with Gasteiger partial charge < -0.3 is 9.47 Å². The van der Waals surface area contributed by atoms with Gasteiger partial charge in [-0.3, -0.25) is 0 Å². The zero-order valence-corrected chi connectivity index (χ0v) is 23.4. The van der Waals surface area contributed by atoms with Gasteiger partial charge in [0.05, 0.1) is 28.6 Å². The Kier molecular flexibility index (Phi) is 10.7. The van der Waals surface area contributed by atoms with Crippen LogP contribution < -0.4 is 0 Å². The van der Waals surface area contributed by atoms with E-state index in [9.17, 15) is 4.79 Å². The first-order valence-electron chi connectivity index (χ1n) is 10.3. The molecule has 26 heavy (non-hydrogen) atoms. The van der Waals surface area contributed by atoms with Crippen LogP contribution in [0.4, 0.5) is 4.79 Å². The highest BCUT2D eigenvalue weighted by atomic mass is 28.3. The molecule has 0 aliphatic rings. The summed E-state index contributed by atoms with van der Waals surface area (Å²) in [7, 11) is -4.86. The normalized spacial score (nSPS) is 13.6. The van der Waals surface area contributed by atoms with Crippen LogP contribution in [0.25, 0.3) is 0 Å². The lowest BCUT2D eigenvalue weighted by molar-refractivity contribution is 0.0776. The van der Waals surface area contributed by atoms with Gasteiger partial charge in [0, 0.05) is 16.1 Å². The van der Waals surface area contributed by atoms with Crippen molar-refractivity contribution in [3.63, 3.8) is 0 Å². The first-order valence-corrected chi connectivity index (χ1v) is 24.6. The second kappa shape index (κ2) is 10.6. The number of carbonyl (C=O) groups excluding carboxylic acids is 1. The Bertz CT molecular complexity index is 385. The summed E-state index contributed by atoms with van der Waals surface area (Å²) in [6, 6.07) is 5.21. The third kappa shape index (κ3) is 16.3. The average Bonchev–Trinajstić information content (AvgIpc) is 2.39. The average molecular weight is 435 g/mol. The standard InChI is InChI=1S/C19H46O3Si4/c1-23(2,3)13-11-15-25(7,8)17-21-19(20)22-18-26(9,10)16-12-14-24(4,5)6/h11-18H2,1-10H3. The van der Waals surface area contributed by atoms with Crippen molar-refractivity contribution in [2.45, 2.75) is 102 Å². The van der Waals surface area contributed by atoms with Crippen molar-refractivity contribution in [2.24, 2.45) is 0 Å².